The topological polar surface area (TPSA) is 63.0 Å². The van der Waals surface area contributed by atoms with Crippen molar-refractivity contribution in [1.29, 1.82) is 5.26 Å². The number of nitrogens with zero attached hydrogens (tertiary/aromatic N) is 2. The standard InChI is InChI=1S/C10H10N2O2/c1-3-14-10(13)9-6-12-7(2)4-8(9)5-11/h4,6H,3H2,1-2H3. The summed E-state index contributed by atoms with van der Waals surface area (Å²) in [5.74, 6) is -0.503. The SMILES string of the molecule is CCOC(=O)c1cnc(C)cc1C#N. The molecule has 0 aliphatic rings. The van der Waals surface area contributed by atoms with Crippen molar-refractivity contribution in [3.8, 4) is 6.07 Å². The largest absolute Gasteiger partial charge is 0.462 e. The van der Waals surface area contributed by atoms with Crippen LogP contribution >= 0.6 is 0 Å². The van der Waals surface area contributed by atoms with Crippen molar-refractivity contribution in [2.75, 3.05) is 6.61 Å². The molecule has 14 heavy (non-hydrogen) atoms. The zero-order chi connectivity index (χ0) is 10.6. The number of aromatic nitrogens is 1. The Morgan fingerprint density at radius 2 is 2.43 bits per heavy atom. The summed E-state index contributed by atoms with van der Waals surface area (Å²) in [4.78, 5) is 15.3. The van der Waals surface area contributed by atoms with Gasteiger partial charge in [0.25, 0.3) is 0 Å². The minimum absolute atomic E-state index is 0.222. The van der Waals surface area contributed by atoms with Crippen molar-refractivity contribution in [3.63, 3.8) is 0 Å². The molecule has 0 radical (unpaired) electrons. The average molecular weight is 190 g/mol. The molecule has 0 amide bonds. The number of hydrogen-bond acceptors (Lipinski definition) is 4. The fourth-order valence-electron chi connectivity index (χ4n) is 1.02. The Labute approximate surface area is 82.1 Å². The van der Waals surface area contributed by atoms with E-state index in [9.17, 15) is 4.79 Å². The lowest BCUT2D eigenvalue weighted by atomic mass is 10.1. The van der Waals surface area contributed by atoms with Gasteiger partial charge in [0, 0.05) is 11.9 Å². The monoisotopic (exact) mass is 190 g/mol. The zero-order valence-electron chi connectivity index (χ0n) is 8.07. The molecule has 0 saturated heterocycles. The fourth-order valence-corrected chi connectivity index (χ4v) is 1.02. The molecule has 1 aromatic rings. The van der Waals surface area contributed by atoms with Crippen LogP contribution in [0.25, 0.3) is 0 Å². The minimum atomic E-state index is -0.503. The number of esters is 1. The van der Waals surface area contributed by atoms with Crippen LogP contribution in [0.3, 0.4) is 0 Å². The Bertz CT molecular complexity index is 394. The maximum Gasteiger partial charge on any atom is 0.341 e. The normalized spacial score (nSPS) is 9.21. The zero-order valence-corrected chi connectivity index (χ0v) is 8.07. The summed E-state index contributed by atoms with van der Waals surface area (Å²) in [6.07, 6.45) is 1.37. The van der Waals surface area contributed by atoms with E-state index in [-0.39, 0.29) is 12.2 Å². The van der Waals surface area contributed by atoms with Gasteiger partial charge in [-0.25, -0.2) is 4.79 Å². The molecule has 0 aliphatic carbocycles. The first kappa shape index (κ1) is 10.2. The number of ether oxygens (including phenoxy) is 1. The molecule has 0 unspecified atom stereocenters. The first-order valence-corrected chi connectivity index (χ1v) is 4.23. The van der Waals surface area contributed by atoms with Crippen molar-refractivity contribution in [1.82, 2.24) is 4.98 Å². The van der Waals surface area contributed by atoms with E-state index in [1.807, 2.05) is 6.07 Å². The molecule has 0 spiro atoms. The van der Waals surface area contributed by atoms with Crippen LogP contribution in [0.1, 0.15) is 28.5 Å². The third-order valence-corrected chi connectivity index (χ3v) is 1.66. The van der Waals surface area contributed by atoms with E-state index >= 15 is 0 Å². The van der Waals surface area contributed by atoms with Gasteiger partial charge in [0.2, 0.25) is 0 Å². The van der Waals surface area contributed by atoms with Crippen LogP contribution in [-0.4, -0.2) is 17.6 Å². The van der Waals surface area contributed by atoms with Gasteiger partial charge in [-0.1, -0.05) is 0 Å². The lowest BCUT2D eigenvalue weighted by Gasteiger charge is -2.03. The molecule has 4 nitrogen and oxygen atoms in total. The van der Waals surface area contributed by atoms with Gasteiger partial charge in [-0.05, 0) is 19.9 Å². The summed E-state index contributed by atoms with van der Waals surface area (Å²) < 4.78 is 4.78. The van der Waals surface area contributed by atoms with E-state index in [1.165, 1.54) is 6.20 Å². The Kier molecular flexibility index (Phi) is 3.19. The number of carbonyl (C=O) groups is 1. The number of nitriles is 1. The van der Waals surface area contributed by atoms with Crippen LogP contribution in [0.4, 0.5) is 0 Å². The molecule has 0 N–H and O–H groups in total. The second-order valence-corrected chi connectivity index (χ2v) is 2.70. The Hall–Kier alpha value is -1.89. The highest BCUT2D eigenvalue weighted by molar-refractivity contribution is 5.91. The van der Waals surface area contributed by atoms with Crippen LogP contribution in [0.5, 0.6) is 0 Å². The molecular weight excluding hydrogens is 180 g/mol. The van der Waals surface area contributed by atoms with E-state index in [0.29, 0.717) is 11.3 Å². The van der Waals surface area contributed by atoms with Crippen molar-refractivity contribution < 1.29 is 9.53 Å². The average Bonchev–Trinajstić information content (AvgIpc) is 2.17. The molecule has 1 rings (SSSR count). The molecule has 72 valence electrons. The summed E-state index contributed by atoms with van der Waals surface area (Å²) in [5.41, 5.74) is 1.23. The van der Waals surface area contributed by atoms with Crippen molar-refractivity contribution >= 4 is 5.97 Å². The Morgan fingerprint density at radius 1 is 1.71 bits per heavy atom. The van der Waals surface area contributed by atoms with Gasteiger partial charge in [-0.3, -0.25) is 4.98 Å². The number of aryl methyl sites for hydroxylation is 1. The molecule has 0 saturated carbocycles. The van der Waals surface area contributed by atoms with Crippen LogP contribution in [0.15, 0.2) is 12.3 Å². The Morgan fingerprint density at radius 3 is 3.00 bits per heavy atom. The molecule has 0 bridgehead atoms. The van der Waals surface area contributed by atoms with E-state index in [1.54, 1.807) is 19.9 Å². The van der Waals surface area contributed by atoms with Crippen LogP contribution in [-0.2, 0) is 4.74 Å². The molecule has 1 heterocycles. The molecular formula is C10H10N2O2. The van der Waals surface area contributed by atoms with Gasteiger partial charge in [-0.15, -0.1) is 0 Å². The summed E-state index contributed by atoms with van der Waals surface area (Å²) in [7, 11) is 0. The van der Waals surface area contributed by atoms with E-state index in [0.717, 1.165) is 0 Å². The number of pyridine rings is 1. The van der Waals surface area contributed by atoms with Gasteiger partial charge < -0.3 is 4.74 Å². The summed E-state index contributed by atoms with van der Waals surface area (Å²) in [6, 6.07) is 3.50. The van der Waals surface area contributed by atoms with E-state index < -0.39 is 5.97 Å². The highest BCUT2D eigenvalue weighted by atomic mass is 16.5. The first-order chi connectivity index (χ1) is 6.69. The summed E-state index contributed by atoms with van der Waals surface area (Å²) in [6.45, 7) is 3.76. The molecule has 1 aromatic heterocycles. The summed E-state index contributed by atoms with van der Waals surface area (Å²) in [5, 5.41) is 8.77. The molecule has 0 fully saturated rings. The summed E-state index contributed by atoms with van der Waals surface area (Å²) >= 11 is 0. The quantitative estimate of drug-likeness (QED) is 0.662. The van der Waals surface area contributed by atoms with Gasteiger partial charge in [-0.2, -0.15) is 5.26 Å². The highest BCUT2D eigenvalue weighted by Crippen LogP contribution is 2.09. The van der Waals surface area contributed by atoms with Crippen LogP contribution in [0, 0.1) is 18.3 Å². The first-order valence-electron chi connectivity index (χ1n) is 4.23. The number of carbonyl (C=O) groups excluding carboxylic acids is 1. The smallest absolute Gasteiger partial charge is 0.341 e. The van der Waals surface area contributed by atoms with Gasteiger partial charge in [0.15, 0.2) is 0 Å². The van der Waals surface area contributed by atoms with Gasteiger partial charge in [0.1, 0.15) is 6.07 Å². The molecule has 0 atom stereocenters. The predicted octanol–water partition coefficient (Wildman–Crippen LogP) is 1.44. The van der Waals surface area contributed by atoms with Gasteiger partial charge in [0.05, 0.1) is 17.7 Å². The molecule has 0 aromatic carbocycles. The van der Waals surface area contributed by atoms with E-state index in [2.05, 4.69) is 4.98 Å². The number of hydrogen-bond donors (Lipinski definition) is 0. The second kappa shape index (κ2) is 4.38. The lowest BCUT2D eigenvalue weighted by Crippen LogP contribution is -2.07. The highest BCUT2D eigenvalue weighted by Gasteiger charge is 2.12. The van der Waals surface area contributed by atoms with Gasteiger partial charge >= 0.3 is 5.97 Å². The fraction of sp³-hybridized carbons (Fsp3) is 0.300. The lowest BCUT2D eigenvalue weighted by molar-refractivity contribution is 0.0525. The van der Waals surface area contributed by atoms with Crippen LogP contribution in [0.2, 0.25) is 0 Å². The van der Waals surface area contributed by atoms with Crippen LogP contribution < -0.4 is 0 Å². The predicted molar refractivity (Wildman–Crippen MR) is 49.6 cm³/mol. The molecule has 4 heteroatoms. The van der Waals surface area contributed by atoms with E-state index in [4.69, 9.17) is 10.00 Å². The second-order valence-electron chi connectivity index (χ2n) is 2.70. The minimum Gasteiger partial charge on any atom is -0.462 e. The Balaban J connectivity index is 3.09. The third kappa shape index (κ3) is 2.07. The van der Waals surface area contributed by atoms with Crippen molar-refractivity contribution in [2.45, 2.75) is 13.8 Å². The van der Waals surface area contributed by atoms with Crippen molar-refractivity contribution in [3.05, 3.63) is 29.1 Å². The molecule has 0 aliphatic heterocycles. The van der Waals surface area contributed by atoms with Crippen molar-refractivity contribution in [2.24, 2.45) is 0 Å². The maximum atomic E-state index is 11.3. The number of rotatable bonds is 2. The maximum absolute atomic E-state index is 11.3. The third-order valence-electron chi connectivity index (χ3n) is 1.66.